The van der Waals surface area contributed by atoms with Crippen molar-refractivity contribution in [2.45, 2.75) is 18.9 Å². The van der Waals surface area contributed by atoms with Gasteiger partial charge in [0.25, 0.3) is 0 Å². The number of rotatable bonds is 5. The molecule has 17 heavy (non-hydrogen) atoms. The van der Waals surface area contributed by atoms with E-state index in [0.717, 1.165) is 23.9 Å². The Morgan fingerprint density at radius 2 is 2.65 bits per heavy atom. The van der Waals surface area contributed by atoms with Crippen molar-refractivity contribution < 1.29 is 13.5 Å². The smallest absolute Gasteiger partial charge is 0.104 e. The number of nitrogens with one attached hydrogen (secondary N) is 1. The van der Waals surface area contributed by atoms with Gasteiger partial charge in [-0.25, -0.2) is 9.84 Å². The standard InChI is InChI=1S/C9H16N4O3S/c1-12-7-8(5-10-12)13(17(14)15)11-6-9-3-2-4-16-9/h5,7,9,11H,2-4,6H2,1H3,(H,14,15)/p-1. The van der Waals surface area contributed by atoms with Crippen LogP contribution >= 0.6 is 0 Å². The fourth-order valence-corrected chi connectivity index (χ4v) is 2.18. The molecule has 2 unspecified atom stereocenters. The maximum absolute atomic E-state index is 11.1. The van der Waals surface area contributed by atoms with Crippen LogP contribution in [0.3, 0.4) is 0 Å². The van der Waals surface area contributed by atoms with Crippen molar-refractivity contribution in [3.05, 3.63) is 12.4 Å². The fraction of sp³-hybridized carbons (Fsp3) is 0.667. The lowest BCUT2D eigenvalue weighted by molar-refractivity contribution is 0.110. The van der Waals surface area contributed by atoms with Gasteiger partial charge in [0.05, 0.1) is 29.8 Å². The number of aromatic nitrogens is 2. The van der Waals surface area contributed by atoms with Crippen LogP contribution in [-0.2, 0) is 23.1 Å². The predicted molar refractivity (Wildman–Crippen MR) is 61.6 cm³/mol. The van der Waals surface area contributed by atoms with Crippen molar-refractivity contribution in [3.63, 3.8) is 0 Å². The maximum atomic E-state index is 11.1. The van der Waals surface area contributed by atoms with Crippen LogP contribution in [0, 0.1) is 0 Å². The SMILES string of the molecule is Cn1cc(N(NCC2CCCO2)S(=O)[O-])cn1. The van der Waals surface area contributed by atoms with Crippen LogP contribution in [0.5, 0.6) is 0 Å². The predicted octanol–water partition coefficient (Wildman–Crippen LogP) is -0.296. The number of aryl methyl sites for hydroxylation is 1. The van der Waals surface area contributed by atoms with Gasteiger partial charge in [-0.05, 0) is 12.8 Å². The van der Waals surface area contributed by atoms with Gasteiger partial charge in [0.2, 0.25) is 0 Å². The molecule has 96 valence electrons. The normalized spacial score (nSPS) is 21.6. The zero-order chi connectivity index (χ0) is 12.3. The van der Waals surface area contributed by atoms with Crippen LogP contribution in [0.1, 0.15) is 12.8 Å². The first-order valence-electron chi connectivity index (χ1n) is 5.40. The molecule has 0 amide bonds. The van der Waals surface area contributed by atoms with E-state index in [9.17, 15) is 8.76 Å². The minimum Gasteiger partial charge on any atom is -0.754 e. The number of hydrogen-bond donors (Lipinski definition) is 1. The van der Waals surface area contributed by atoms with Gasteiger partial charge in [0.1, 0.15) is 5.69 Å². The second-order valence-corrected chi connectivity index (χ2v) is 4.68. The summed E-state index contributed by atoms with van der Waals surface area (Å²) < 4.78 is 30.2. The minimum atomic E-state index is -2.38. The summed E-state index contributed by atoms with van der Waals surface area (Å²) in [5.74, 6) is 0. The van der Waals surface area contributed by atoms with E-state index in [4.69, 9.17) is 4.74 Å². The van der Waals surface area contributed by atoms with Gasteiger partial charge in [-0.1, -0.05) is 0 Å². The first-order valence-corrected chi connectivity index (χ1v) is 6.43. The summed E-state index contributed by atoms with van der Waals surface area (Å²) in [4.78, 5) is 0. The Morgan fingerprint density at radius 3 is 3.18 bits per heavy atom. The highest BCUT2D eigenvalue weighted by Gasteiger charge is 2.17. The van der Waals surface area contributed by atoms with Crippen LogP contribution in [0.4, 0.5) is 5.69 Å². The molecule has 8 heteroatoms. The molecule has 1 N–H and O–H groups in total. The molecule has 2 atom stereocenters. The van der Waals surface area contributed by atoms with Gasteiger partial charge in [0.15, 0.2) is 0 Å². The first kappa shape index (κ1) is 12.5. The van der Waals surface area contributed by atoms with Crippen molar-refractivity contribution in [1.82, 2.24) is 15.2 Å². The van der Waals surface area contributed by atoms with Crippen LogP contribution in [0.15, 0.2) is 12.4 Å². The van der Waals surface area contributed by atoms with Gasteiger partial charge in [-0.2, -0.15) is 5.10 Å². The fourth-order valence-electron chi connectivity index (χ4n) is 1.73. The molecule has 0 aliphatic carbocycles. The third kappa shape index (κ3) is 3.25. The Bertz CT molecular complexity index is 391. The van der Waals surface area contributed by atoms with E-state index in [1.807, 2.05) is 0 Å². The summed E-state index contributed by atoms with van der Waals surface area (Å²) in [6.07, 6.45) is 5.17. The summed E-state index contributed by atoms with van der Waals surface area (Å²) in [7, 11) is 1.73. The van der Waals surface area contributed by atoms with Crippen molar-refractivity contribution in [2.24, 2.45) is 7.05 Å². The molecule has 0 saturated carbocycles. The van der Waals surface area contributed by atoms with E-state index >= 15 is 0 Å². The molecule has 1 aromatic heterocycles. The number of hydrazine groups is 1. The van der Waals surface area contributed by atoms with Gasteiger partial charge in [-0.3, -0.25) is 8.89 Å². The Labute approximate surface area is 102 Å². The van der Waals surface area contributed by atoms with Crippen molar-refractivity contribution >= 4 is 17.0 Å². The zero-order valence-corrected chi connectivity index (χ0v) is 10.4. The second kappa shape index (κ2) is 5.58. The third-order valence-corrected chi connectivity index (χ3v) is 3.20. The molecule has 2 rings (SSSR count). The monoisotopic (exact) mass is 259 g/mol. The molecule has 2 heterocycles. The molecular formula is C9H15N4O3S-. The molecule has 0 bridgehead atoms. The Hall–Kier alpha value is -0.960. The highest BCUT2D eigenvalue weighted by molar-refractivity contribution is 7.80. The van der Waals surface area contributed by atoms with E-state index in [-0.39, 0.29) is 6.10 Å². The Balaban J connectivity index is 1.95. The van der Waals surface area contributed by atoms with Gasteiger partial charge in [-0.15, -0.1) is 0 Å². The van der Waals surface area contributed by atoms with E-state index < -0.39 is 11.3 Å². The minimum absolute atomic E-state index is 0.0812. The quantitative estimate of drug-likeness (QED) is 0.580. The molecule has 1 fully saturated rings. The summed E-state index contributed by atoms with van der Waals surface area (Å²) in [5, 5.41) is 3.93. The largest absolute Gasteiger partial charge is 0.754 e. The molecule has 7 nitrogen and oxygen atoms in total. The van der Waals surface area contributed by atoms with Gasteiger partial charge >= 0.3 is 0 Å². The zero-order valence-electron chi connectivity index (χ0n) is 9.54. The molecular weight excluding hydrogens is 244 g/mol. The highest BCUT2D eigenvalue weighted by Crippen LogP contribution is 2.14. The van der Waals surface area contributed by atoms with E-state index in [0.29, 0.717) is 12.2 Å². The van der Waals surface area contributed by atoms with Crippen molar-refractivity contribution in [3.8, 4) is 0 Å². The Morgan fingerprint density at radius 1 is 1.82 bits per heavy atom. The molecule has 1 aromatic rings. The topological polar surface area (TPSA) is 82.5 Å². The number of nitrogens with zero attached hydrogens (tertiary/aromatic N) is 3. The third-order valence-electron chi connectivity index (χ3n) is 2.56. The lowest BCUT2D eigenvalue weighted by atomic mass is 10.2. The van der Waals surface area contributed by atoms with Crippen molar-refractivity contribution in [1.29, 1.82) is 0 Å². The number of ether oxygens (including phenoxy) is 1. The Kier molecular flexibility index (Phi) is 4.11. The molecule has 1 saturated heterocycles. The lowest BCUT2D eigenvalue weighted by Gasteiger charge is -2.26. The lowest BCUT2D eigenvalue weighted by Crippen LogP contribution is -2.43. The van der Waals surface area contributed by atoms with E-state index in [2.05, 4.69) is 10.5 Å². The number of hydrogen-bond acceptors (Lipinski definition) is 5. The molecule has 0 spiro atoms. The van der Waals surface area contributed by atoms with Gasteiger partial charge < -0.3 is 9.29 Å². The summed E-state index contributed by atoms with van der Waals surface area (Å²) >= 11 is -2.38. The van der Waals surface area contributed by atoms with Crippen LogP contribution < -0.4 is 9.84 Å². The second-order valence-electron chi connectivity index (χ2n) is 3.88. The summed E-state index contributed by atoms with van der Waals surface area (Å²) in [6.45, 7) is 1.22. The summed E-state index contributed by atoms with van der Waals surface area (Å²) in [5.41, 5.74) is 3.32. The highest BCUT2D eigenvalue weighted by atomic mass is 32.2. The molecule has 0 aromatic carbocycles. The molecule has 1 aliphatic heterocycles. The van der Waals surface area contributed by atoms with Gasteiger partial charge in [0, 0.05) is 20.2 Å². The van der Waals surface area contributed by atoms with E-state index in [1.165, 1.54) is 6.20 Å². The molecule has 1 aliphatic rings. The number of anilines is 1. The van der Waals surface area contributed by atoms with Crippen LogP contribution in [0.2, 0.25) is 0 Å². The van der Waals surface area contributed by atoms with E-state index in [1.54, 1.807) is 17.9 Å². The summed E-state index contributed by atoms with van der Waals surface area (Å²) in [6, 6.07) is 0. The van der Waals surface area contributed by atoms with Crippen LogP contribution in [0.25, 0.3) is 0 Å². The molecule has 0 radical (unpaired) electrons. The first-order chi connectivity index (χ1) is 8.16. The average molecular weight is 259 g/mol. The maximum Gasteiger partial charge on any atom is 0.104 e. The van der Waals surface area contributed by atoms with Crippen LogP contribution in [-0.4, -0.2) is 37.8 Å². The van der Waals surface area contributed by atoms with Crippen molar-refractivity contribution in [2.75, 3.05) is 17.6 Å². The average Bonchev–Trinajstić information content (AvgIpc) is 2.90.